The van der Waals surface area contributed by atoms with Crippen LogP contribution in [0.5, 0.6) is 0 Å². The topological polar surface area (TPSA) is 50.3 Å². The second-order valence-corrected chi connectivity index (χ2v) is 11.5. The number of fused-ring (bicyclic) bond motifs is 2. The number of pyridine rings is 1. The van der Waals surface area contributed by atoms with Gasteiger partial charge in [0.05, 0.1) is 4.92 Å². The second-order valence-electron chi connectivity index (χ2n) is 11.5. The van der Waals surface area contributed by atoms with Gasteiger partial charge in [0.1, 0.15) is 6.54 Å². The Morgan fingerprint density at radius 3 is 2.43 bits per heavy atom. The molecule has 0 saturated carbocycles. The molecule has 5 heteroatoms. The molecule has 0 spiro atoms. The summed E-state index contributed by atoms with van der Waals surface area (Å²) in [5.74, 6) is 1.20. The predicted octanol–water partition coefficient (Wildman–Crippen LogP) is 7.82. The van der Waals surface area contributed by atoms with Crippen molar-refractivity contribution >= 4 is 28.4 Å². The zero-order valence-corrected chi connectivity index (χ0v) is 23.1. The van der Waals surface area contributed by atoms with Gasteiger partial charge in [0.15, 0.2) is 0 Å². The van der Waals surface area contributed by atoms with Gasteiger partial charge in [-0.25, -0.2) is 0 Å². The van der Waals surface area contributed by atoms with Gasteiger partial charge < -0.3 is 4.90 Å². The van der Waals surface area contributed by atoms with Crippen molar-refractivity contribution in [3.05, 3.63) is 93.8 Å². The van der Waals surface area contributed by atoms with E-state index in [0.717, 1.165) is 37.2 Å². The van der Waals surface area contributed by atoms with E-state index in [-0.39, 0.29) is 16.0 Å². The summed E-state index contributed by atoms with van der Waals surface area (Å²) in [4.78, 5) is 13.6. The summed E-state index contributed by atoms with van der Waals surface area (Å²) in [5, 5.41) is 12.7. The molecule has 0 aliphatic carbocycles. The minimum absolute atomic E-state index is 0.148. The molecule has 0 amide bonds. The summed E-state index contributed by atoms with van der Waals surface area (Å²) in [7, 11) is 0. The molecule has 0 bridgehead atoms. The van der Waals surface area contributed by atoms with Crippen molar-refractivity contribution in [3.8, 4) is 0 Å². The Morgan fingerprint density at radius 2 is 1.73 bits per heavy atom. The number of nitro benzene ring substituents is 1. The average Bonchev–Trinajstić information content (AvgIpc) is 3.07. The molecule has 1 aliphatic heterocycles. The summed E-state index contributed by atoms with van der Waals surface area (Å²) >= 11 is 0. The molecule has 0 fully saturated rings. The number of non-ortho nitro benzene ring substituents is 1. The van der Waals surface area contributed by atoms with Crippen LogP contribution in [0.25, 0.3) is 17.0 Å². The van der Waals surface area contributed by atoms with Crippen molar-refractivity contribution in [2.45, 2.75) is 66.3 Å². The minimum atomic E-state index is -0.334. The third kappa shape index (κ3) is 5.61. The molecular weight excluding hydrogens is 458 g/mol. The molecule has 0 saturated heterocycles. The number of allylic oxidation sites excluding steroid dienone is 3. The molecule has 2 heterocycles. The van der Waals surface area contributed by atoms with E-state index in [1.165, 1.54) is 22.3 Å². The van der Waals surface area contributed by atoms with Crippen LogP contribution in [0.1, 0.15) is 65.6 Å². The number of hydrogen-bond donors (Lipinski definition) is 0. The fourth-order valence-electron chi connectivity index (χ4n) is 5.20. The third-order valence-electron chi connectivity index (χ3n) is 7.44. The Balaban J connectivity index is 1.74. The van der Waals surface area contributed by atoms with Crippen LogP contribution in [-0.2, 0) is 12.0 Å². The monoisotopic (exact) mass is 498 g/mol. The molecule has 5 nitrogen and oxygen atoms in total. The van der Waals surface area contributed by atoms with Crippen molar-refractivity contribution in [2.75, 3.05) is 11.4 Å². The molecule has 1 aliphatic rings. The standard InChI is InChI=1S/C32H40N3O2/c1-23(2)18-20-33-26(15-14-25-10-7-8-12-29(25)33)11-9-13-31-32(5,6)28-22-27(35(36)37)16-17-30(28)34(31)21-19-24(3)4/h7-17,22-24H,18-21H2,1-6H3/q+1. The molecule has 3 aromatic rings. The first-order valence-electron chi connectivity index (χ1n) is 13.5. The maximum Gasteiger partial charge on any atom is 0.269 e. The summed E-state index contributed by atoms with van der Waals surface area (Å²) in [6.45, 7) is 15.2. The number of aromatic nitrogens is 1. The summed E-state index contributed by atoms with van der Waals surface area (Å²) < 4.78 is 2.42. The van der Waals surface area contributed by atoms with Crippen LogP contribution in [0.2, 0.25) is 0 Å². The predicted molar refractivity (Wildman–Crippen MR) is 154 cm³/mol. The first-order valence-corrected chi connectivity index (χ1v) is 13.5. The largest absolute Gasteiger partial charge is 0.344 e. The first kappa shape index (κ1) is 26.6. The van der Waals surface area contributed by atoms with Gasteiger partial charge in [0.25, 0.3) is 5.69 Å². The van der Waals surface area contributed by atoms with Crippen molar-refractivity contribution in [2.24, 2.45) is 11.8 Å². The summed E-state index contributed by atoms with van der Waals surface area (Å²) in [6.07, 6.45) is 8.71. The highest BCUT2D eigenvalue weighted by Crippen LogP contribution is 2.49. The van der Waals surface area contributed by atoms with E-state index in [9.17, 15) is 10.1 Å². The Morgan fingerprint density at radius 1 is 1.00 bits per heavy atom. The van der Waals surface area contributed by atoms with Gasteiger partial charge in [-0.1, -0.05) is 59.8 Å². The number of nitro groups is 1. The lowest BCUT2D eigenvalue weighted by Gasteiger charge is -2.27. The molecule has 1 aromatic heterocycles. The van der Waals surface area contributed by atoms with E-state index in [1.54, 1.807) is 12.1 Å². The van der Waals surface area contributed by atoms with Gasteiger partial charge >= 0.3 is 0 Å². The SMILES string of the molecule is CC(C)CCN1/C(=C/C=C/c2ccc3ccccc3[n+]2CCC(C)C)C(C)(C)c2cc([N+](=O)[O-])ccc21. The van der Waals surface area contributed by atoms with Gasteiger partial charge in [-0.05, 0) is 48.1 Å². The minimum Gasteiger partial charge on any atom is -0.344 e. The number of benzene rings is 2. The highest BCUT2D eigenvalue weighted by atomic mass is 16.6. The lowest BCUT2D eigenvalue weighted by Crippen LogP contribution is -2.38. The highest BCUT2D eigenvalue weighted by molar-refractivity contribution is 5.76. The lowest BCUT2D eigenvalue weighted by atomic mass is 9.83. The zero-order chi connectivity index (χ0) is 26.7. The van der Waals surface area contributed by atoms with Gasteiger partial charge in [0.2, 0.25) is 11.2 Å². The molecule has 0 N–H and O–H groups in total. The van der Waals surface area contributed by atoms with E-state index < -0.39 is 0 Å². The smallest absolute Gasteiger partial charge is 0.269 e. The fourth-order valence-corrected chi connectivity index (χ4v) is 5.20. The van der Waals surface area contributed by atoms with Crippen LogP contribution in [-0.4, -0.2) is 11.5 Å². The van der Waals surface area contributed by atoms with Crippen molar-refractivity contribution in [1.82, 2.24) is 0 Å². The first-order chi connectivity index (χ1) is 17.6. The Labute approximate surface area is 221 Å². The average molecular weight is 499 g/mol. The third-order valence-corrected chi connectivity index (χ3v) is 7.44. The quantitative estimate of drug-likeness (QED) is 0.172. The Kier molecular flexibility index (Phi) is 7.82. The fraction of sp³-hybridized carbons (Fsp3) is 0.406. The number of aryl methyl sites for hydroxylation is 1. The van der Waals surface area contributed by atoms with Gasteiger partial charge in [-0.3, -0.25) is 10.1 Å². The van der Waals surface area contributed by atoms with Gasteiger partial charge in [-0.15, -0.1) is 0 Å². The molecule has 194 valence electrons. The highest BCUT2D eigenvalue weighted by Gasteiger charge is 2.40. The Hall–Kier alpha value is -3.47. The molecule has 37 heavy (non-hydrogen) atoms. The van der Waals surface area contributed by atoms with Gasteiger partial charge in [-0.2, -0.15) is 4.57 Å². The van der Waals surface area contributed by atoms with Crippen LogP contribution >= 0.6 is 0 Å². The Bertz CT molecular complexity index is 1350. The normalized spacial score (nSPS) is 16.0. The molecular formula is C32H40N3O2+. The van der Waals surface area contributed by atoms with E-state index >= 15 is 0 Å². The molecule has 2 aromatic carbocycles. The van der Waals surface area contributed by atoms with Crippen molar-refractivity contribution in [3.63, 3.8) is 0 Å². The van der Waals surface area contributed by atoms with Crippen LogP contribution in [0, 0.1) is 22.0 Å². The van der Waals surface area contributed by atoms with E-state index in [1.807, 2.05) is 6.07 Å². The second kappa shape index (κ2) is 10.9. The van der Waals surface area contributed by atoms with Crippen LogP contribution < -0.4 is 9.47 Å². The molecule has 4 rings (SSSR count). The molecule has 0 radical (unpaired) electrons. The number of nitrogens with zero attached hydrogens (tertiary/aromatic N) is 3. The van der Waals surface area contributed by atoms with Crippen LogP contribution in [0.4, 0.5) is 11.4 Å². The van der Waals surface area contributed by atoms with E-state index in [2.05, 4.69) is 106 Å². The van der Waals surface area contributed by atoms with Gasteiger partial charge in [0, 0.05) is 65.5 Å². The van der Waals surface area contributed by atoms with Crippen molar-refractivity contribution in [1.29, 1.82) is 0 Å². The lowest BCUT2D eigenvalue weighted by molar-refractivity contribution is -0.674. The van der Waals surface area contributed by atoms with E-state index in [0.29, 0.717) is 11.8 Å². The zero-order valence-electron chi connectivity index (χ0n) is 23.1. The van der Waals surface area contributed by atoms with Crippen LogP contribution in [0.15, 0.2) is 72.4 Å². The number of para-hydroxylation sites is 1. The summed E-state index contributed by atoms with van der Waals surface area (Å²) in [5.41, 5.74) is 5.51. The molecule has 0 unspecified atom stereocenters. The maximum absolute atomic E-state index is 11.5. The van der Waals surface area contributed by atoms with Crippen molar-refractivity contribution < 1.29 is 9.49 Å². The van der Waals surface area contributed by atoms with E-state index in [4.69, 9.17) is 0 Å². The molecule has 0 atom stereocenters. The maximum atomic E-state index is 11.5. The number of anilines is 1. The number of hydrogen-bond acceptors (Lipinski definition) is 3. The number of rotatable bonds is 9. The summed E-state index contributed by atoms with van der Waals surface area (Å²) in [6, 6.07) is 18.3. The van der Waals surface area contributed by atoms with Crippen LogP contribution in [0.3, 0.4) is 0 Å².